The number of methoxy groups -OCH3 is 2. The Morgan fingerprint density at radius 3 is 2.29 bits per heavy atom. The van der Waals surface area contributed by atoms with E-state index in [2.05, 4.69) is 25.8 Å². The maximum Gasteiger partial charge on any atom is 0.301 e. The highest BCUT2D eigenvalue weighted by Crippen LogP contribution is 2.45. The summed E-state index contributed by atoms with van der Waals surface area (Å²) in [4.78, 5) is 33.1. The molecule has 1 fully saturated rings. The zero-order valence-electron chi connectivity index (χ0n) is 21.8. The van der Waals surface area contributed by atoms with E-state index in [0.717, 1.165) is 10.3 Å². The summed E-state index contributed by atoms with van der Waals surface area (Å²) >= 11 is 1.29. The summed E-state index contributed by atoms with van der Waals surface area (Å²) in [5.74, 6) is -0.591. The van der Waals surface area contributed by atoms with Gasteiger partial charge in [-0.1, -0.05) is 68.5 Å². The molecule has 0 saturated carbocycles. The number of anilines is 1. The number of aliphatic hydroxyl groups excluding tert-OH is 1. The lowest BCUT2D eigenvalue weighted by Gasteiger charge is -2.24. The molecule has 0 bridgehead atoms. The van der Waals surface area contributed by atoms with Gasteiger partial charge in [-0.25, -0.2) is 4.98 Å². The molecule has 1 aliphatic rings. The molecule has 1 amide bonds. The first-order valence-corrected chi connectivity index (χ1v) is 12.9. The van der Waals surface area contributed by atoms with E-state index < -0.39 is 17.7 Å². The Morgan fingerprint density at radius 2 is 1.63 bits per heavy atom. The van der Waals surface area contributed by atoms with Crippen molar-refractivity contribution in [1.29, 1.82) is 0 Å². The lowest BCUT2D eigenvalue weighted by molar-refractivity contribution is -0.132. The summed E-state index contributed by atoms with van der Waals surface area (Å²) in [6, 6.07) is 19.1. The lowest BCUT2D eigenvalue weighted by Crippen LogP contribution is -2.29. The van der Waals surface area contributed by atoms with Crippen molar-refractivity contribution in [2.45, 2.75) is 32.2 Å². The van der Waals surface area contributed by atoms with Crippen LogP contribution in [-0.4, -0.2) is 36.0 Å². The highest BCUT2D eigenvalue weighted by molar-refractivity contribution is 7.22. The molecule has 38 heavy (non-hydrogen) atoms. The number of ether oxygens (including phenoxy) is 2. The van der Waals surface area contributed by atoms with E-state index in [1.165, 1.54) is 23.3 Å². The molecule has 5 rings (SSSR count). The Morgan fingerprint density at radius 1 is 0.947 bits per heavy atom. The van der Waals surface area contributed by atoms with E-state index in [0.29, 0.717) is 33.3 Å². The Bertz CT molecular complexity index is 1580. The summed E-state index contributed by atoms with van der Waals surface area (Å²) in [5.41, 5.74) is 2.79. The second-order valence-corrected chi connectivity index (χ2v) is 11.1. The van der Waals surface area contributed by atoms with Gasteiger partial charge in [-0.3, -0.25) is 14.5 Å². The van der Waals surface area contributed by atoms with Crippen molar-refractivity contribution in [3.8, 4) is 11.5 Å². The lowest BCUT2D eigenvalue weighted by atomic mass is 9.85. The number of Topliss-reactive ketones (excluding diaryl/α,β-unsaturated/α-hetero) is 1. The summed E-state index contributed by atoms with van der Waals surface area (Å²) in [6.45, 7) is 6.35. The minimum absolute atomic E-state index is 0.00333. The van der Waals surface area contributed by atoms with E-state index in [-0.39, 0.29) is 16.7 Å². The number of hydrogen-bond donors (Lipinski definition) is 1. The third-order valence-electron chi connectivity index (χ3n) is 6.67. The van der Waals surface area contributed by atoms with Crippen LogP contribution in [0.4, 0.5) is 5.13 Å². The first kappa shape index (κ1) is 25.5. The van der Waals surface area contributed by atoms with Gasteiger partial charge < -0.3 is 14.6 Å². The number of benzene rings is 3. The van der Waals surface area contributed by atoms with Crippen molar-refractivity contribution in [3.05, 3.63) is 89.0 Å². The normalized spacial score (nSPS) is 17.3. The maximum atomic E-state index is 13.5. The molecular formula is C30H28N2O5S. The molecule has 1 aliphatic heterocycles. The number of ketones is 1. The molecule has 1 unspecified atom stereocenters. The number of amides is 1. The predicted molar refractivity (Wildman–Crippen MR) is 149 cm³/mol. The first-order valence-electron chi connectivity index (χ1n) is 12.1. The van der Waals surface area contributed by atoms with E-state index >= 15 is 0 Å². The Balaban J connectivity index is 1.71. The molecule has 1 saturated heterocycles. The number of rotatable bonds is 5. The molecule has 0 radical (unpaired) electrons. The van der Waals surface area contributed by atoms with E-state index in [4.69, 9.17) is 9.47 Å². The van der Waals surface area contributed by atoms with Crippen LogP contribution in [0.25, 0.3) is 16.0 Å². The number of carbonyl (C=O) groups excluding carboxylic acids is 2. The van der Waals surface area contributed by atoms with Crippen LogP contribution in [0.1, 0.15) is 43.5 Å². The van der Waals surface area contributed by atoms with Gasteiger partial charge in [-0.2, -0.15) is 0 Å². The second-order valence-electron chi connectivity index (χ2n) is 10.1. The van der Waals surface area contributed by atoms with Crippen LogP contribution in [0.5, 0.6) is 11.5 Å². The van der Waals surface area contributed by atoms with Gasteiger partial charge in [0.1, 0.15) is 17.3 Å². The number of aliphatic hydroxyl groups is 1. The second kappa shape index (κ2) is 9.61. The quantitative estimate of drug-likeness (QED) is 0.187. The third-order valence-corrected chi connectivity index (χ3v) is 7.69. The maximum absolute atomic E-state index is 13.5. The number of thiazole rings is 1. The molecule has 1 atom stereocenters. The van der Waals surface area contributed by atoms with Crippen LogP contribution >= 0.6 is 11.3 Å². The smallest absolute Gasteiger partial charge is 0.301 e. The molecular weight excluding hydrogens is 500 g/mol. The predicted octanol–water partition coefficient (Wildman–Crippen LogP) is 6.24. The summed E-state index contributed by atoms with van der Waals surface area (Å²) < 4.78 is 11.5. The number of aromatic nitrogens is 1. The fourth-order valence-corrected chi connectivity index (χ4v) is 5.58. The van der Waals surface area contributed by atoms with Crippen molar-refractivity contribution in [3.63, 3.8) is 0 Å². The highest BCUT2D eigenvalue weighted by Gasteiger charge is 2.48. The van der Waals surface area contributed by atoms with Gasteiger partial charge in [-0.05, 0) is 46.9 Å². The van der Waals surface area contributed by atoms with E-state index in [1.54, 1.807) is 37.4 Å². The van der Waals surface area contributed by atoms with Crippen molar-refractivity contribution in [1.82, 2.24) is 4.98 Å². The Hall–Kier alpha value is -4.17. The molecule has 194 valence electrons. The average Bonchev–Trinajstić information content (AvgIpc) is 3.45. The SMILES string of the molecule is COc1cccc(C(O)=C2C(=O)C(=O)N(c3nc4ccc(OC)cc4s3)C2c2ccc(C(C)(C)C)cc2)c1. The molecule has 3 aromatic carbocycles. The topological polar surface area (TPSA) is 89.0 Å². The number of nitrogens with zero attached hydrogens (tertiary/aromatic N) is 2. The number of hydrogen-bond acceptors (Lipinski definition) is 7. The van der Waals surface area contributed by atoms with Gasteiger partial charge in [0.15, 0.2) is 5.13 Å². The largest absolute Gasteiger partial charge is 0.507 e. The first-order chi connectivity index (χ1) is 18.1. The molecule has 8 heteroatoms. The molecule has 0 spiro atoms. The number of carbonyl (C=O) groups is 2. The molecule has 1 N–H and O–H groups in total. The molecule has 2 heterocycles. The van der Waals surface area contributed by atoms with Gasteiger partial charge in [0.25, 0.3) is 5.78 Å². The van der Waals surface area contributed by atoms with E-state index in [9.17, 15) is 14.7 Å². The van der Waals surface area contributed by atoms with Gasteiger partial charge in [0.05, 0.1) is 36.1 Å². The molecule has 7 nitrogen and oxygen atoms in total. The zero-order valence-corrected chi connectivity index (χ0v) is 22.6. The summed E-state index contributed by atoms with van der Waals surface area (Å²) in [7, 11) is 3.11. The highest BCUT2D eigenvalue weighted by atomic mass is 32.1. The minimum Gasteiger partial charge on any atom is -0.507 e. The van der Waals surface area contributed by atoms with Crippen LogP contribution in [0.2, 0.25) is 0 Å². The van der Waals surface area contributed by atoms with Crippen LogP contribution in [0, 0.1) is 0 Å². The number of fused-ring (bicyclic) bond motifs is 1. The van der Waals surface area contributed by atoms with Crippen molar-refractivity contribution >= 4 is 44.1 Å². The fraction of sp³-hybridized carbons (Fsp3) is 0.233. The Labute approximate surface area is 225 Å². The van der Waals surface area contributed by atoms with Gasteiger partial charge in [-0.15, -0.1) is 0 Å². The van der Waals surface area contributed by atoms with Gasteiger partial charge >= 0.3 is 5.91 Å². The van der Waals surface area contributed by atoms with Crippen molar-refractivity contribution in [2.75, 3.05) is 19.1 Å². The monoisotopic (exact) mass is 528 g/mol. The van der Waals surface area contributed by atoms with Gasteiger partial charge in [0.2, 0.25) is 0 Å². The minimum atomic E-state index is -0.863. The summed E-state index contributed by atoms with van der Waals surface area (Å²) in [6.07, 6.45) is 0. The zero-order chi connectivity index (χ0) is 27.2. The van der Waals surface area contributed by atoms with Crippen molar-refractivity contribution in [2.24, 2.45) is 0 Å². The Kier molecular flexibility index (Phi) is 6.44. The third kappa shape index (κ3) is 4.41. The van der Waals surface area contributed by atoms with E-state index in [1.807, 2.05) is 36.4 Å². The van der Waals surface area contributed by atoms with Crippen LogP contribution in [-0.2, 0) is 15.0 Å². The van der Waals surface area contributed by atoms with Crippen LogP contribution in [0.3, 0.4) is 0 Å². The van der Waals surface area contributed by atoms with Crippen LogP contribution in [0.15, 0.2) is 72.3 Å². The average molecular weight is 529 g/mol. The summed E-state index contributed by atoms with van der Waals surface area (Å²) in [5, 5.41) is 11.8. The van der Waals surface area contributed by atoms with Gasteiger partial charge in [0, 0.05) is 5.56 Å². The molecule has 1 aromatic heterocycles. The molecule has 0 aliphatic carbocycles. The van der Waals surface area contributed by atoms with Crippen LogP contribution < -0.4 is 14.4 Å². The standard InChI is InChI=1S/C30H28N2O5S/c1-30(2,3)19-11-9-17(10-12-19)25-24(26(33)18-7-6-8-20(15-18)36-4)27(34)28(35)32(25)29-31-22-14-13-21(37-5)16-23(22)38-29/h6-16,25,33H,1-5H3. The molecule has 4 aromatic rings. The fourth-order valence-electron chi connectivity index (χ4n) is 4.56. The van der Waals surface area contributed by atoms with Crippen molar-refractivity contribution < 1.29 is 24.2 Å².